The number of amides is 2. The van der Waals surface area contributed by atoms with Crippen LogP contribution in [0, 0.1) is 17.0 Å². The van der Waals surface area contributed by atoms with Gasteiger partial charge >= 0.3 is 6.03 Å². The summed E-state index contributed by atoms with van der Waals surface area (Å²) in [5, 5.41) is 13.6. The molecular formula is C16H17N3O4. The van der Waals surface area contributed by atoms with Crippen LogP contribution in [-0.4, -0.2) is 25.1 Å². The molecule has 0 fully saturated rings. The van der Waals surface area contributed by atoms with Crippen LogP contribution in [0.25, 0.3) is 0 Å². The summed E-state index contributed by atoms with van der Waals surface area (Å²) in [6.07, 6.45) is 0. The van der Waals surface area contributed by atoms with Crippen LogP contribution in [-0.2, 0) is 0 Å². The first kappa shape index (κ1) is 16.3. The summed E-state index contributed by atoms with van der Waals surface area (Å²) in [6, 6.07) is 11.2. The number of hydrogen-bond acceptors (Lipinski definition) is 4. The molecule has 0 aliphatic heterocycles. The Morgan fingerprint density at radius 2 is 2.00 bits per heavy atom. The van der Waals surface area contributed by atoms with Gasteiger partial charge in [0.2, 0.25) is 0 Å². The van der Waals surface area contributed by atoms with Crippen LogP contribution in [0.1, 0.15) is 5.56 Å². The van der Waals surface area contributed by atoms with E-state index in [1.165, 1.54) is 11.0 Å². The smallest absolute Gasteiger partial charge is 0.326 e. The third-order valence-electron chi connectivity index (χ3n) is 3.40. The van der Waals surface area contributed by atoms with Crippen molar-refractivity contribution in [3.05, 3.63) is 58.1 Å². The number of carbonyl (C=O) groups excluding carboxylic acids is 1. The summed E-state index contributed by atoms with van der Waals surface area (Å²) >= 11 is 0. The maximum atomic E-state index is 12.3. The molecule has 7 nitrogen and oxygen atoms in total. The molecule has 0 radical (unpaired) electrons. The average molecular weight is 315 g/mol. The van der Waals surface area contributed by atoms with Crippen LogP contribution >= 0.6 is 0 Å². The fourth-order valence-electron chi connectivity index (χ4n) is 2.03. The fraction of sp³-hybridized carbons (Fsp3) is 0.188. The van der Waals surface area contributed by atoms with Gasteiger partial charge in [-0.3, -0.25) is 15.0 Å². The lowest BCUT2D eigenvalue weighted by atomic mass is 10.2. The molecule has 0 unspecified atom stereocenters. The predicted molar refractivity (Wildman–Crippen MR) is 88.2 cm³/mol. The van der Waals surface area contributed by atoms with Crippen LogP contribution in [0.15, 0.2) is 42.5 Å². The van der Waals surface area contributed by atoms with Crippen LogP contribution < -0.4 is 15.0 Å². The highest BCUT2D eigenvalue weighted by Gasteiger charge is 2.15. The number of carbonyl (C=O) groups is 1. The number of rotatable bonds is 4. The Morgan fingerprint density at radius 1 is 1.26 bits per heavy atom. The highest BCUT2D eigenvalue weighted by molar-refractivity contribution is 6.01. The van der Waals surface area contributed by atoms with E-state index in [0.29, 0.717) is 22.7 Å². The first-order valence-corrected chi connectivity index (χ1v) is 6.86. The summed E-state index contributed by atoms with van der Waals surface area (Å²) in [5.74, 6) is 0.633. The highest BCUT2D eigenvalue weighted by atomic mass is 16.6. The van der Waals surface area contributed by atoms with E-state index < -0.39 is 11.0 Å². The van der Waals surface area contributed by atoms with Gasteiger partial charge in [-0.25, -0.2) is 4.79 Å². The van der Waals surface area contributed by atoms with Crippen LogP contribution in [0.5, 0.6) is 5.75 Å². The number of aryl methyl sites for hydroxylation is 1. The number of methoxy groups -OCH3 is 1. The molecule has 0 aliphatic carbocycles. The maximum absolute atomic E-state index is 12.3. The fourth-order valence-corrected chi connectivity index (χ4v) is 2.03. The number of hydrogen-bond donors (Lipinski definition) is 1. The third kappa shape index (κ3) is 3.76. The van der Waals surface area contributed by atoms with Crippen molar-refractivity contribution >= 4 is 23.1 Å². The Morgan fingerprint density at radius 3 is 2.65 bits per heavy atom. The van der Waals surface area contributed by atoms with Crippen LogP contribution in [0.3, 0.4) is 0 Å². The first-order chi connectivity index (χ1) is 10.9. The average Bonchev–Trinajstić information content (AvgIpc) is 2.55. The third-order valence-corrected chi connectivity index (χ3v) is 3.40. The van der Waals surface area contributed by atoms with Gasteiger partial charge in [0.15, 0.2) is 0 Å². The van der Waals surface area contributed by atoms with Crippen molar-refractivity contribution in [2.24, 2.45) is 0 Å². The molecule has 120 valence electrons. The molecule has 2 amide bonds. The summed E-state index contributed by atoms with van der Waals surface area (Å²) in [7, 11) is 3.15. The highest BCUT2D eigenvalue weighted by Crippen LogP contribution is 2.24. The first-order valence-electron chi connectivity index (χ1n) is 6.86. The number of nitrogens with zero attached hydrogens (tertiary/aromatic N) is 2. The van der Waals surface area contributed by atoms with E-state index in [1.54, 1.807) is 57.5 Å². The molecule has 0 spiro atoms. The second-order valence-electron chi connectivity index (χ2n) is 4.95. The molecule has 2 aromatic carbocycles. The second kappa shape index (κ2) is 6.78. The quantitative estimate of drug-likeness (QED) is 0.690. The van der Waals surface area contributed by atoms with Gasteiger partial charge in [0.05, 0.1) is 12.0 Å². The van der Waals surface area contributed by atoms with Crippen molar-refractivity contribution in [2.75, 3.05) is 24.4 Å². The largest absolute Gasteiger partial charge is 0.497 e. The van der Waals surface area contributed by atoms with Gasteiger partial charge in [-0.05, 0) is 25.1 Å². The van der Waals surface area contributed by atoms with Gasteiger partial charge in [-0.2, -0.15) is 0 Å². The zero-order chi connectivity index (χ0) is 17.0. The van der Waals surface area contributed by atoms with Crippen molar-refractivity contribution in [1.82, 2.24) is 0 Å². The molecule has 0 heterocycles. The Bertz CT molecular complexity index is 746. The maximum Gasteiger partial charge on any atom is 0.326 e. The summed E-state index contributed by atoms with van der Waals surface area (Å²) < 4.78 is 5.12. The number of urea groups is 1. The van der Waals surface area contributed by atoms with E-state index in [9.17, 15) is 14.9 Å². The Balaban J connectivity index is 2.18. The van der Waals surface area contributed by atoms with Gasteiger partial charge in [-0.15, -0.1) is 0 Å². The zero-order valence-corrected chi connectivity index (χ0v) is 13.1. The number of nitrogens with one attached hydrogen (secondary N) is 1. The van der Waals surface area contributed by atoms with Crippen molar-refractivity contribution in [1.29, 1.82) is 0 Å². The molecule has 7 heteroatoms. The van der Waals surface area contributed by atoms with E-state index in [0.717, 1.165) is 0 Å². The summed E-state index contributed by atoms with van der Waals surface area (Å²) in [4.78, 5) is 24.2. The molecule has 1 N–H and O–H groups in total. The minimum atomic E-state index is -0.475. The molecule has 23 heavy (non-hydrogen) atoms. The van der Waals surface area contributed by atoms with E-state index >= 15 is 0 Å². The van der Waals surface area contributed by atoms with Crippen molar-refractivity contribution < 1.29 is 14.5 Å². The number of nitro benzene ring substituents is 1. The molecule has 0 atom stereocenters. The van der Waals surface area contributed by atoms with Crippen molar-refractivity contribution in [2.45, 2.75) is 6.92 Å². The van der Waals surface area contributed by atoms with Gasteiger partial charge in [0.1, 0.15) is 5.75 Å². The van der Waals surface area contributed by atoms with E-state index in [4.69, 9.17) is 4.74 Å². The van der Waals surface area contributed by atoms with Gasteiger partial charge in [0.25, 0.3) is 5.69 Å². The normalized spacial score (nSPS) is 10.0. The Labute approximate surface area is 133 Å². The number of ether oxygens (including phenoxy) is 1. The lowest BCUT2D eigenvalue weighted by molar-refractivity contribution is -0.385. The summed E-state index contributed by atoms with van der Waals surface area (Å²) in [6.45, 7) is 1.64. The van der Waals surface area contributed by atoms with Crippen LogP contribution in [0.2, 0.25) is 0 Å². The lowest BCUT2D eigenvalue weighted by Gasteiger charge is -2.18. The van der Waals surface area contributed by atoms with Gasteiger partial charge in [0, 0.05) is 36.1 Å². The lowest BCUT2D eigenvalue weighted by Crippen LogP contribution is -2.31. The Kier molecular flexibility index (Phi) is 4.80. The predicted octanol–water partition coefficient (Wildman–Crippen LogP) is 3.58. The zero-order valence-electron chi connectivity index (χ0n) is 13.1. The molecule has 0 saturated heterocycles. The van der Waals surface area contributed by atoms with Gasteiger partial charge in [-0.1, -0.05) is 12.1 Å². The topological polar surface area (TPSA) is 84.7 Å². The SMILES string of the molecule is COc1cccc(N(C)C(=O)Nc2ccc(C)c([N+](=O)[O-])c2)c1. The van der Waals surface area contributed by atoms with E-state index in [-0.39, 0.29) is 5.69 Å². The van der Waals surface area contributed by atoms with Crippen molar-refractivity contribution in [3.63, 3.8) is 0 Å². The Hall–Kier alpha value is -3.09. The molecule has 0 aliphatic rings. The molecule has 0 saturated carbocycles. The molecule has 2 aromatic rings. The number of anilines is 2. The molecule has 0 bridgehead atoms. The minimum Gasteiger partial charge on any atom is -0.497 e. The second-order valence-corrected chi connectivity index (χ2v) is 4.95. The van der Waals surface area contributed by atoms with E-state index in [1.807, 2.05) is 0 Å². The monoisotopic (exact) mass is 315 g/mol. The number of benzene rings is 2. The van der Waals surface area contributed by atoms with E-state index in [2.05, 4.69) is 5.32 Å². The molecular weight excluding hydrogens is 298 g/mol. The molecule has 0 aromatic heterocycles. The standard InChI is InChI=1S/C16H17N3O4/c1-11-7-8-12(9-15(11)19(21)22)17-16(20)18(2)13-5-4-6-14(10-13)23-3/h4-10H,1-3H3,(H,17,20). The summed E-state index contributed by atoms with van der Waals surface area (Å²) in [5.41, 5.74) is 1.51. The minimum absolute atomic E-state index is 0.0353. The van der Waals surface area contributed by atoms with Gasteiger partial charge < -0.3 is 10.1 Å². The van der Waals surface area contributed by atoms with Crippen LogP contribution in [0.4, 0.5) is 21.9 Å². The number of nitro groups is 1. The molecule has 2 rings (SSSR count). The van der Waals surface area contributed by atoms with Crippen molar-refractivity contribution in [3.8, 4) is 5.75 Å².